The minimum absolute atomic E-state index is 0.0303. The Morgan fingerprint density at radius 1 is 1.30 bits per heavy atom. The van der Waals surface area contributed by atoms with E-state index < -0.39 is 5.82 Å². The number of halogens is 2. The Labute approximate surface area is 123 Å². The molecule has 20 heavy (non-hydrogen) atoms. The minimum Gasteiger partial charge on any atom is -0.268 e. The van der Waals surface area contributed by atoms with E-state index in [1.54, 1.807) is 29.1 Å². The fraction of sp³-hybridized carbons (Fsp3) is 0. The molecule has 0 aliphatic heterocycles. The standard InChI is InChI=1S/C13H8ClFN4S/c14-10-6-9(3-4-11(10)15)19-12(17-18-13(19)20)8-2-1-5-16-7-8/h1-7H,(H,18,20). The summed E-state index contributed by atoms with van der Waals surface area (Å²) in [5.41, 5.74) is 1.43. The molecular formula is C13H8ClFN4S. The Hall–Kier alpha value is -2.05. The molecule has 0 unspecified atom stereocenters. The fourth-order valence-corrected chi connectivity index (χ4v) is 2.26. The van der Waals surface area contributed by atoms with Crippen molar-refractivity contribution in [2.75, 3.05) is 0 Å². The van der Waals surface area contributed by atoms with Crippen LogP contribution >= 0.6 is 23.8 Å². The molecule has 0 atom stereocenters. The maximum atomic E-state index is 13.3. The number of nitrogens with one attached hydrogen (secondary N) is 1. The van der Waals surface area contributed by atoms with E-state index in [2.05, 4.69) is 15.2 Å². The molecule has 0 fully saturated rings. The van der Waals surface area contributed by atoms with Gasteiger partial charge in [0.05, 0.1) is 10.7 Å². The van der Waals surface area contributed by atoms with Gasteiger partial charge >= 0.3 is 0 Å². The van der Waals surface area contributed by atoms with Crippen molar-refractivity contribution >= 4 is 23.8 Å². The van der Waals surface area contributed by atoms with E-state index >= 15 is 0 Å². The molecule has 1 N–H and O–H groups in total. The lowest BCUT2D eigenvalue weighted by atomic mass is 10.2. The number of hydrogen-bond donors (Lipinski definition) is 1. The maximum absolute atomic E-state index is 13.3. The summed E-state index contributed by atoms with van der Waals surface area (Å²) in [6, 6.07) is 8.04. The lowest BCUT2D eigenvalue weighted by Crippen LogP contribution is -1.98. The molecule has 0 radical (unpaired) electrons. The van der Waals surface area contributed by atoms with E-state index in [0.717, 1.165) is 5.56 Å². The predicted octanol–water partition coefficient (Wildman–Crippen LogP) is 3.78. The van der Waals surface area contributed by atoms with Crippen molar-refractivity contribution in [2.45, 2.75) is 0 Å². The van der Waals surface area contributed by atoms with E-state index in [-0.39, 0.29) is 5.02 Å². The van der Waals surface area contributed by atoms with E-state index in [0.29, 0.717) is 16.3 Å². The van der Waals surface area contributed by atoms with Gasteiger partial charge in [-0.15, -0.1) is 0 Å². The molecule has 7 heteroatoms. The van der Waals surface area contributed by atoms with Crippen LogP contribution in [0.15, 0.2) is 42.7 Å². The number of H-pyrrole nitrogens is 1. The largest absolute Gasteiger partial charge is 0.268 e. The topological polar surface area (TPSA) is 46.5 Å². The second-order valence-corrected chi connectivity index (χ2v) is 4.82. The van der Waals surface area contributed by atoms with Crippen LogP contribution in [0, 0.1) is 10.6 Å². The van der Waals surface area contributed by atoms with Crippen LogP contribution in [0.1, 0.15) is 0 Å². The van der Waals surface area contributed by atoms with Gasteiger partial charge in [-0.3, -0.25) is 14.6 Å². The first-order chi connectivity index (χ1) is 9.66. The van der Waals surface area contributed by atoms with Crippen molar-refractivity contribution in [1.82, 2.24) is 19.7 Å². The first kappa shape index (κ1) is 13.0. The van der Waals surface area contributed by atoms with Gasteiger partial charge in [0.25, 0.3) is 0 Å². The second kappa shape index (κ2) is 5.15. The van der Waals surface area contributed by atoms with Crippen LogP contribution in [-0.2, 0) is 0 Å². The molecule has 2 heterocycles. The SMILES string of the molecule is Fc1ccc(-n2c(-c3cccnc3)n[nH]c2=S)cc1Cl. The van der Waals surface area contributed by atoms with Gasteiger partial charge in [-0.05, 0) is 42.5 Å². The summed E-state index contributed by atoms with van der Waals surface area (Å²) in [6.45, 7) is 0. The zero-order valence-corrected chi connectivity index (χ0v) is 11.6. The number of pyridine rings is 1. The molecule has 0 spiro atoms. The zero-order chi connectivity index (χ0) is 14.1. The summed E-state index contributed by atoms with van der Waals surface area (Å²) < 4.78 is 15.3. The predicted molar refractivity (Wildman–Crippen MR) is 76.9 cm³/mol. The molecule has 1 aromatic carbocycles. The van der Waals surface area contributed by atoms with E-state index in [4.69, 9.17) is 23.8 Å². The van der Waals surface area contributed by atoms with Gasteiger partial charge in [0.15, 0.2) is 10.6 Å². The number of hydrogen-bond acceptors (Lipinski definition) is 3. The third kappa shape index (κ3) is 2.23. The highest BCUT2D eigenvalue weighted by Crippen LogP contribution is 2.24. The molecule has 4 nitrogen and oxygen atoms in total. The molecule has 0 amide bonds. The van der Waals surface area contributed by atoms with Crippen molar-refractivity contribution in [3.63, 3.8) is 0 Å². The number of rotatable bonds is 2. The van der Waals surface area contributed by atoms with Crippen LogP contribution in [0.2, 0.25) is 5.02 Å². The van der Waals surface area contributed by atoms with E-state index in [1.807, 2.05) is 6.07 Å². The molecule has 0 aliphatic rings. The van der Waals surface area contributed by atoms with Crippen LogP contribution in [-0.4, -0.2) is 19.7 Å². The van der Waals surface area contributed by atoms with Crippen LogP contribution in [0.4, 0.5) is 4.39 Å². The van der Waals surface area contributed by atoms with Crippen LogP contribution < -0.4 is 0 Å². The number of nitrogens with zero attached hydrogens (tertiary/aromatic N) is 3. The number of aromatic nitrogens is 4. The Kier molecular flexibility index (Phi) is 3.33. The second-order valence-electron chi connectivity index (χ2n) is 4.03. The van der Waals surface area contributed by atoms with Gasteiger partial charge in [0, 0.05) is 18.0 Å². The van der Waals surface area contributed by atoms with Gasteiger partial charge in [0.1, 0.15) is 5.82 Å². The molecule has 3 aromatic rings. The summed E-state index contributed by atoms with van der Waals surface area (Å²) in [6.07, 6.45) is 3.34. The van der Waals surface area contributed by atoms with Crippen molar-refractivity contribution in [2.24, 2.45) is 0 Å². The van der Waals surface area contributed by atoms with Gasteiger partial charge in [-0.25, -0.2) is 4.39 Å². The highest BCUT2D eigenvalue weighted by atomic mass is 35.5. The Balaban J connectivity index is 2.22. The number of benzene rings is 1. The highest BCUT2D eigenvalue weighted by Gasteiger charge is 2.12. The van der Waals surface area contributed by atoms with Crippen LogP contribution in [0.5, 0.6) is 0 Å². The number of aromatic amines is 1. The molecule has 0 bridgehead atoms. The van der Waals surface area contributed by atoms with Crippen molar-refractivity contribution < 1.29 is 4.39 Å². The summed E-state index contributed by atoms with van der Waals surface area (Å²) in [7, 11) is 0. The fourth-order valence-electron chi connectivity index (χ4n) is 1.85. The first-order valence-electron chi connectivity index (χ1n) is 5.70. The van der Waals surface area contributed by atoms with Crippen molar-refractivity contribution in [3.8, 4) is 17.1 Å². The average molecular weight is 307 g/mol. The van der Waals surface area contributed by atoms with Crippen molar-refractivity contribution in [3.05, 3.63) is 58.3 Å². The van der Waals surface area contributed by atoms with E-state index in [9.17, 15) is 4.39 Å². The molecule has 2 aromatic heterocycles. The monoisotopic (exact) mass is 306 g/mol. The first-order valence-corrected chi connectivity index (χ1v) is 6.48. The molecular weight excluding hydrogens is 299 g/mol. The Morgan fingerprint density at radius 3 is 2.85 bits per heavy atom. The van der Waals surface area contributed by atoms with E-state index in [1.165, 1.54) is 12.1 Å². The molecule has 0 saturated carbocycles. The van der Waals surface area contributed by atoms with Gasteiger partial charge in [-0.2, -0.15) is 5.10 Å². The third-order valence-corrected chi connectivity index (χ3v) is 3.32. The Bertz CT molecular complexity index is 813. The summed E-state index contributed by atoms with van der Waals surface area (Å²) in [5, 5.41) is 6.93. The Morgan fingerprint density at radius 2 is 2.15 bits per heavy atom. The third-order valence-electron chi connectivity index (χ3n) is 2.75. The lowest BCUT2D eigenvalue weighted by molar-refractivity contribution is 0.628. The average Bonchev–Trinajstić information content (AvgIpc) is 2.85. The molecule has 100 valence electrons. The van der Waals surface area contributed by atoms with Crippen LogP contribution in [0.25, 0.3) is 17.1 Å². The van der Waals surface area contributed by atoms with Crippen LogP contribution in [0.3, 0.4) is 0 Å². The molecule has 0 saturated heterocycles. The zero-order valence-electron chi connectivity index (χ0n) is 10.0. The summed E-state index contributed by atoms with van der Waals surface area (Å²) >= 11 is 11.0. The summed E-state index contributed by atoms with van der Waals surface area (Å²) in [4.78, 5) is 4.05. The highest BCUT2D eigenvalue weighted by molar-refractivity contribution is 7.71. The minimum atomic E-state index is -0.478. The quantitative estimate of drug-likeness (QED) is 0.733. The van der Waals surface area contributed by atoms with Gasteiger partial charge in [0.2, 0.25) is 0 Å². The molecule has 3 rings (SSSR count). The van der Waals surface area contributed by atoms with Gasteiger partial charge in [-0.1, -0.05) is 11.6 Å². The normalized spacial score (nSPS) is 10.7. The summed E-state index contributed by atoms with van der Waals surface area (Å²) in [5.74, 6) is 0.110. The smallest absolute Gasteiger partial charge is 0.200 e. The maximum Gasteiger partial charge on any atom is 0.200 e. The molecule has 0 aliphatic carbocycles. The lowest BCUT2D eigenvalue weighted by Gasteiger charge is -2.07. The van der Waals surface area contributed by atoms with Gasteiger partial charge < -0.3 is 0 Å². The van der Waals surface area contributed by atoms with Crippen molar-refractivity contribution in [1.29, 1.82) is 0 Å².